The first kappa shape index (κ1) is 16.4. The number of carbonyl (C=O) groups excluding carboxylic acids is 1. The second kappa shape index (κ2) is 6.69. The molecule has 0 aromatic carbocycles. The number of amides is 1. The van der Waals surface area contributed by atoms with Crippen LogP contribution in [0.3, 0.4) is 0 Å². The summed E-state index contributed by atoms with van der Waals surface area (Å²) < 4.78 is 10.1. The van der Waals surface area contributed by atoms with E-state index >= 15 is 0 Å². The van der Waals surface area contributed by atoms with E-state index in [0.717, 1.165) is 0 Å². The van der Waals surface area contributed by atoms with Crippen molar-refractivity contribution in [3.05, 3.63) is 11.7 Å². The van der Waals surface area contributed by atoms with E-state index in [1.165, 1.54) is 0 Å². The van der Waals surface area contributed by atoms with E-state index in [1.807, 2.05) is 13.8 Å². The van der Waals surface area contributed by atoms with Crippen LogP contribution in [-0.4, -0.2) is 33.0 Å². The number of nitrogens with one attached hydrogen (secondary N) is 1. The summed E-state index contributed by atoms with van der Waals surface area (Å²) in [6, 6.07) is -0.546. The fourth-order valence-electron chi connectivity index (χ4n) is 1.57. The first-order valence-corrected chi connectivity index (χ1v) is 6.76. The third-order valence-corrected chi connectivity index (χ3v) is 2.58. The third kappa shape index (κ3) is 4.80. The first-order chi connectivity index (χ1) is 9.26. The predicted octanol–water partition coefficient (Wildman–Crippen LogP) is 1.97. The number of aliphatic hydroxyl groups is 1. The van der Waals surface area contributed by atoms with Crippen LogP contribution in [0.1, 0.15) is 58.9 Å². The molecule has 0 aliphatic rings. The Morgan fingerprint density at radius 3 is 2.55 bits per heavy atom. The molecule has 0 bridgehead atoms. The molecule has 0 radical (unpaired) electrons. The summed E-state index contributed by atoms with van der Waals surface area (Å²) in [6.07, 6.45) is -0.518. The second-order valence-corrected chi connectivity index (χ2v) is 5.51. The number of ether oxygens (including phenoxy) is 1. The van der Waals surface area contributed by atoms with Crippen LogP contribution in [0.25, 0.3) is 0 Å². The Hall–Kier alpha value is -1.63. The van der Waals surface area contributed by atoms with Crippen LogP contribution in [-0.2, 0) is 11.2 Å². The highest BCUT2D eigenvalue weighted by atomic mass is 16.6. The van der Waals surface area contributed by atoms with Crippen molar-refractivity contribution in [2.24, 2.45) is 0 Å². The van der Waals surface area contributed by atoms with Crippen LogP contribution in [0.4, 0.5) is 4.79 Å². The van der Waals surface area contributed by atoms with Crippen molar-refractivity contribution in [1.82, 2.24) is 15.5 Å². The average Bonchev–Trinajstić information content (AvgIpc) is 2.81. The molecule has 1 rings (SSSR count). The van der Waals surface area contributed by atoms with E-state index < -0.39 is 23.8 Å². The summed E-state index contributed by atoms with van der Waals surface area (Å²) in [6.45, 7) is 9.04. The van der Waals surface area contributed by atoms with Crippen LogP contribution >= 0.6 is 0 Å². The number of aliphatic hydroxyl groups excluding tert-OH is 1. The molecule has 0 aliphatic heterocycles. The highest BCUT2D eigenvalue weighted by Crippen LogP contribution is 2.18. The molecule has 0 aliphatic carbocycles. The number of rotatable bonds is 5. The van der Waals surface area contributed by atoms with Gasteiger partial charge < -0.3 is 19.7 Å². The molecule has 0 saturated carbocycles. The van der Waals surface area contributed by atoms with Gasteiger partial charge in [-0.05, 0) is 27.2 Å². The Labute approximate surface area is 118 Å². The van der Waals surface area contributed by atoms with Crippen LogP contribution in [0.15, 0.2) is 4.52 Å². The number of aromatic nitrogens is 2. The Morgan fingerprint density at radius 1 is 1.45 bits per heavy atom. The van der Waals surface area contributed by atoms with E-state index in [1.54, 1.807) is 20.8 Å². The lowest BCUT2D eigenvalue weighted by atomic mass is 10.1. The van der Waals surface area contributed by atoms with Gasteiger partial charge >= 0.3 is 6.09 Å². The van der Waals surface area contributed by atoms with Gasteiger partial charge in [-0.25, -0.2) is 4.79 Å². The molecule has 7 heteroatoms. The highest BCUT2D eigenvalue weighted by molar-refractivity contribution is 5.68. The molecule has 0 fully saturated rings. The van der Waals surface area contributed by atoms with Crippen LogP contribution in [0.2, 0.25) is 0 Å². The molecule has 114 valence electrons. The number of aryl methyl sites for hydroxylation is 1. The molecule has 1 amide bonds. The molecule has 2 atom stereocenters. The van der Waals surface area contributed by atoms with Gasteiger partial charge in [-0.3, -0.25) is 0 Å². The van der Waals surface area contributed by atoms with Gasteiger partial charge in [0.05, 0.1) is 6.04 Å². The molecule has 7 nitrogen and oxygen atoms in total. The lowest BCUT2D eigenvalue weighted by Crippen LogP contribution is -2.42. The smallest absolute Gasteiger partial charge is 0.407 e. The normalized spacial score (nSPS) is 14.7. The summed E-state index contributed by atoms with van der Waals surface area (Å²) in [5.41, 5.74) is -0.590. The van der Waals surface area contributed by atoms with Gasteiger partial charge in [0.1, 0.15) is 5.60 Å². The Morgan fingerprint density at radius 2 is 2.10 bits per heavy atom. The van der Waals surface area contributed by atoms with E-state index in [4.69, 9.17) is 9.26 Å². The summed E-state index contributed by atoms with van der Waals surface area (Å²) in [5.74, 6) is 0.621. The first-order valence-electron chi connectivity index (χ1n) is 6.76. The minimum atomic E-state index is -1.06. The topological polar surface area (TPSA) is 97.5 Å². The van der Waals surface area contributed by atoms with Crippen molar-refractivity contribution in [3.63, 3.8) is 0 Å². The molecule has 1 heterocycles. The van der Waals surface area contributed by atoms with Crippen molar-refractivity contribution >= 4 is 6.09 Å². The Bertz CT molecular complexity index is 439. The van der Waals surface area contributed by atoms with Crippen molar-refractivity contribution in [1.29, 1.82) is 0 Å². The fraction of sp³-hybridized carbons (Fsp3) is 0.769. The van der Waals surface area contributed by atoms with Crippen molar-refractivity contribution in [2.75, 3.05) is 0 Å². The van der Waals surface area contributed by atoms with Gasteiger partial charge in [-0.2, -0.15) is 4.98 Å². The molecular weight excluding hydrogens is 262 g/mol. The Balaban J connectivity index is 2.67. The van der Waals surface area contributed by atoms with E-state index in [9.17, 15) is 9.90 Å². The number of nitrogens with zero attached hydrogens (tertiary/aromatic N) is 2. The summed E-state index contributed by atoms with van der Waals surface area (Å²) in [4.78, 5) is 15.8. The minimum absolute atomic E-state index is 0.102. The molecule has 1 aromatic rings. The van der Waals surface area contributed by atoms with Gasteiger partial charge in [-0.1, -0.05) is 19.0 Å². The third-order valence-electron chi connectivity index (χ3n) is 2.58. The standard InChI is InChI=1S/C13H23N3O4/c1-6-8(14-12(18)19-13(3,4)5)10(17)11-15-9(7-2)16-20-11/h8,10,17H,6-7H2,1-5H3,(H,14,18). The maximum Gasteiger partial charge on any atom is 0.407 e. The predicted molar refractivity (Wildman–Crippen MR) is 72.1 cm³/mol. The number of carbonyl (C=O) groups is 1. The van der Waals surface area contributed by atoms with Crippen molar-refractivity contribution in [3.8, 4) is 0 Å². The lowest BCUT2D eigenvalue weighted by Gasteiger charge is -2.24. The molecule has 0 saturated heterocycles. The molecule has 20 heavy (non-hydrogen) atoms. The number of alkyl carbamates (subject to hydrolysis) is 1. The highest BCUT2D eigenvalue weighted by Gasteiger charge is 2.28. The van der Waals surface area contributed by atoms with Gasteiger partial charge in [0.2, 0.25) is 0 Å². The molecular formula is C13H23N3O4. The number of hydrogen-bond donors (Lipinski definition) is 2. The SMILES string of the molecule is CCc1noc(C(O)C(CC)NC(=O)OC(C)(C)C)n1. The van der Waals surface area contributed by atoms with Crippen molar-refractivity contribution < 1.29 is 19.2 Å². The van der Waals surface area contributed by atoms with Crippen LogP contribution in [0, 0.1) is 0 Å². The van der Waals surface area contributed by atoms with Crippen LogP contribution < -0.4 is 5.32 Å². The maximum atomic E-state index is 11.7. The maximum absolute atomic E-state index is 11.7. The zero-order chi connectivity index (χ0) is 15.3. The van der Waals surface area contributed by atoms with E-state index in [0.29, 0.717) is 18.7 Å². The molecule has 0 spiro atoms. The largest absolute Gasteiger partial charge is 0.444 e. The molecule has 2 N–H and O–H groups in total. The molecule has 1 aromatic heterocycles. The average molecular weight is 285 g/mol. The van der Waals surface area contributed by atoms with E-state index in [-0.39, 0.29) is 5.89 Å². The second-order valence-electron chi connectivity index (χ2n) is 5.51. The summed E-state index contributed by atoms with van der Waals surface area (Å²) >= 11 is 0. The fourth-order valence-corrected chi connectivity index (χ4v) is 1.57. The molecule has 2 unspecified atom stereocenters. The van der Waals surface area contributed by atoms with Crippen molar-refractivity contribution in [2.45, 2.75) is 65.2 Å². The van der Waals surface area contributed by atoms with E-state index in [2.05, 4.69) is 15.5 Å². The lowest BCUT2D eigenvalue weighted by molar-refractivity contribution is 0.0375. The van der Waals surface area contributed by atoms with Crippen LogP contribution in [0.5, 0.6) is 0 Å². The zero-order valence-electron chi connectivity index (χ0n) is 12.6. The summed E-state index contributed by atoms with van der Waals surface area (Å²) in [7, 11) is 0. The van der Waals surface area contributed by atoms with Gasteiger partial charge in [0.15, 0.2) is 11.9 Å². The van der Waals surface area contributed by atoms with Gasteiger partial charge in [0.25, 0.3) is 5.89 Å². The minimum Gasteiger partial charge on any atom is -0.444 e. The van der Waals surface area contributed by atoms with Gasteiger partial charge in [0, 0.05) is 6.42 Å². The quantitative estimate of drug-likeness (QED) is 0.858. The Kier molecular flexibility index (Phi) is 5.50. The van der Waals surface area contributed by atoms with Gasteiger partial charge in [-0.15, -0.1) is 0 Å². The number of hydrogen-bond acceptors (Lipinski definition) is 6. The summed E-state index contributed by atoms with van der Waals surface area (Å²) in [5, 5.41) is 16.5. The zero-order valence-corrected chi connectivity index (χ0v) is 12.6. The monoisotopic (exact) mass is 285 g/mol.